The van der Waals surface area contributed by atoms with Crippen LogP contribution in [0.2, 0.25) is 0 Å². The highest BCUT2D eigenvalue weighted by Crippen LogP contribution is 1.97. The molecule has 0 aromatic rings. The zero-order valence-corrected chi connectivity index (χ0v) is 10.5. The normalized spacial score (nSPS) is 13.2. The maximum Gasteiger partial charge on any atom is 0.235 e. The Morgan fingerprint density at radius 1 is 1.53 bits per heavy atom. The first-order valence-electron chi connectivity index (χ1n) is 4.52. The third-order valence-electron chi connectivity index (χ3n) is 1.65. The molecule has 88 valence electrons. The summed E-state index contributed by atoms with van der Waals surface area (Å²) in [4.78, 5) is 11.4. The van der Waals surface area contributed by atoms with E-state index in [0.29, 0.717) is 6.42 Å². The zero-order valence-electron chi connectivity index (χ0n) is 8.82. The number of sulfone groups is 1. The Kier molecular flexibility index (Phi) is 5.74. The smallest absolute Gasteiger partial charge is 0.235 e. The van der Waals surface area contributed by atoms with Gasteiger partial charge in [0.25, 0.3) is 0 Å². The summed E-state index contributed by atoms with van der Waals surface area (Å²) in [5, 5.41) is 2.49. The average Bonchev–Trinajstić information content (AvgIpc) is 1.99. The summed E-state index contributed by atoms with van der Waals surface area (Å²) in [6.07, 6.45) is 2.42. The van der Waals surface area contributed by atoms with Crippen molar-refractivity contribution in [1.29, 1.82) is 0 Å². The van der Waals surface area contributed by atoms with Gasteiger partial charge in [0.05, 0.1) is 11.0 Å². The maximum absolute atomic E-state index is 11.2. The van der Waals surface area contributed by atoms with Crippen LogP contribution >= 0.6 is 12.2 Å². The fraction of sp³-hybridized carbons (Fsp3) is 0.750. The van der Waals surface area contributed by atoms with Crippen molar-refractivity contribution in [3.05, 3.63) is 0 Å². The van der Waals surface area contributed by atoms with Gasteiger partial charge in [0.15, 0.2) is 9.84 Å². The lowest BCUT2D eigenvalue weighted by Gasteiger charge is -2.15. The Morgan fingerprint density at radius 2 is 2.07 bits per heavy atom. The van der Waals surface area contributed by atoms with Gasteiger partial charge in [-0.25, -0.2) is 8.42 Å². The summed E-state index contributed by atoms with van der Waals surface area (Å²) in [7, 11) is -3.31. The number of carbonyl (C=O) groups is 1. The van der Waals surface area contributed by atoms with Crippen LogP contribution < -0.4 is 11.1 Å². The number of rotatable bonds is 6. The second-order valence-electron chi connectivity index (χ2n) is 3.38. The van der Waals surface area contributed by atoms with Gasteiger partial charge in [0, 0.05) is 6.26 Å². The van der Waals surface area contributed by atoms with Gasteiger partial charge in [-0.05, 0) is 6.42 Å². The van der Waals surface area contributed by atoms with Crippen molar-refractivity contribution >= 4 is 33.0 Å². The summed E-state index contributed by atoms with van der Waals surface area (Å²) < 4.78 is 21.7. The molecule has 0 saturated carbocycles. The van der Waals surface area contributed by atoms with Crippen LogP contribution in [-0.2, 0) is 14.6 Å². The van der Waals surface area contributed by atoms with Crippen LogP contribution in [0, 0.1) is 0 Å². The first-order chi connectivity index (χ1) is 6.76. The summed E-state index contributed by atoms with van der Waals surface area (Å²) >= 11 is 4.76. The standard InChI is InChI=1S/C8H16N2O3S2/c1-3-4-6(8(9)14)10-7(11)5-15(2,12)13/h6H,3-5H2,1-2H3,(H2,9,14)(H,10,11). The molecule has 0 aliphatic heterocycles. The van der Waals surface area contributed by atoms with Crippen molar-refractivity contribution in [3.63, 3.8) is 0 Å². The molecule has 0 radical (unpaired) electrons. The quantitative estimate of drug-likeness (QED) is 0.628. The monoisotopic (exact) mass is 252 g/mol. The van der Waals surface area contributed by atoms with Gasteiger partial charge in [-0.1, -0.05) is 25.6 Å². The largest absolute Gasteiger partial charge is 0.392 e. The van der Waals surface area contributed by atoms with E-state index in [1.165, 1.54) is 0 Å². The lowest BCUT2D eigenvalue weighted by Crippen LogP contribution is -2.45. The average molecular weight is 252 g/mol. The maximum atomic E-state index is 11.2. The minimum Gasteiger partial charge on any atom is -0.392 e. The zero-order chi connectivity index (χ0) is 12.1. The Bertz CT molecular complexity index is 338. The Labute approximate surface area is 95.3 Å². The highest BCUT2D eigenvalue weighted by atomic mass is 32.2. The summed E-state index contributed by atoms with van der Waals surface area (Å²) in [5.41, 5.74) is 5.40. The summed E-state index contributed by atoms with van der Waals surface area (Å²) in [6, 6.07) is -0.417. The number of amides is 1. The van der Waals surface area contributed by atoms with Crippen molar-refractivity contribution in [1.82, 2.24) is 5.32 Å². The van der Waals surface area contributed by atoms with E-state index >= 15 is 0 Å². The van der Waals surface area contributed by atoms with E-state index in [9.17, 15) is 13.2 Å². The first kappa shape index (κ1) is 14.3. The predicted octanol–water partition coefficient (Wildman–Crippen LogP) is -0.398. The summed E-state index contributed by atoms with van der Waals surface area (Å²) in [5.74, 6) is -1.10. The number of hydrogen-bond acceptors (Lipinski definition) is 4. The molecule has 5 nitrogen and oxygen atoms in total. The molecule has 3 N–H and O–H groups in total. The molecular formula is C8H16N2O3S2. The van der Waals surface area contributed by atoms with Gasteiger partial charge in [0.1, 0.15) is 5.75 Å². The van der Waals surface area contributed by atoms with Crippen LogP contribution in [0.1, 0.15) is 19.8 Å². The van der Waals surface area contributed by atoms with Crippen LogP contribution in [-0.4, -0.2) is 37.4 Å². The van der Waals surface area contributed by atoms with Crippen molar-refractivity contribution in [2.45, 2.75) is 25.8 Å². The molecule has 0 aliphatic rings. The van der Waals surface area contributed by atoms with Crippen LogP contribution in [0.25, 0.3) is 0 Å². The molecule has 7 heteroatoms. The van der Waals surface area contributed by atoms with Gasteiger partial charge in [-0.15, -0.1) is 0 Å². The van der Waals surface area contributed by atoms with Gasteiger partial charge in [0.2, 0.25) is 5.91 Å². The third kappa shape index (κ3) is 7.26. The van der Waals surface area contributed by atoms with E-state index in [1.54, 1.807) is 0 Å². The highest BCUT2D eigenvalue weighted by Gasteiger charge is 2.17. The second-order valence-corrected chi connectivity index (χ2v) is 5.99. The number of nitrogens with two attached hydrogens (primary N) is 1. The van der Waals surface area contributed by atoms with Crippen molar-refractivity contribution in [2.24, 2.45) is 5.73 Å². The molecule has 1 amide bonds. The van der Waals surface area contributed by atoms with E-state index < -0.39 is 27.5 Å². The van der Waals surface area contributed by atoms with Crippen molar-refractivity contribution in [3.8, 4) is 0 Å². The number of hydrogen-bond donors (Lipinski definition) is 2. The molecule has 15 heavy (non-hydrogen) atoms. The molecule has 1 atom stereocenters. The molecule has 0 aromatic heterocycles. The Balaban J connectivity index is 4.30. The van der Waals surface area contributed by atoms with Gasteiger partial charge in [-0.2, -0.15) is 0 Å². The van der Waals surface area contributed by atoms with Crippen LogP contribution in [0.5, 0.6) is 0 Å². The van der Waals surface area contributed by atoms with E-state index in [2.05, 4.69) is 5.32 Å². The molecule has 0 fully saturated rings. The predicted molar refractivity (Wildman–Crippen MR) is 63.3 cm³/mol. The van der Waals surface area contributed by atoms with E-state index in [4.69, 9.17) is 18.0 Å². The fourth-order valence-corrected chi connectivity index (χ4v) is 1.78. The Hall–Kier alpha value is -0.690. The van der Waals surface area contributed by atoms with Crippen molar-refractivity contribution < 1.29 is 13.2 Å². The fourth-order valence-electron chi connectivity index (χ4n) is 1.05. The van der Waals surface area contributed by atoms with E-state index in [1.807, 2.05) is 6.92 Å². The van der Waals surface area contributed by atoms with Crippen molar-refractivity contribution in [2.75, 3.05) is 12.0 Å². The van der Waals surface area contributed by atoms with Crippen LogP contribution in [0.3, 0.4) is 0 Å². The molecule has 0 saturated heterocycles. The first-order valence-corrected chi connectivity index (χ1v) is 6.99. The van der Waals surface area contributed by atoms with E-state index in [-0.39, 0.29) is 4.99 Å². The minimum atomic E-state index is -3.31. The molecule has 0 bridgehead atoms. The molecule has 0 spiro atoms. The molecule has 0 heterocycles. The van der Waals surface area contributed by atoms with Gasteiger partial charge in [-0.3, -0.25) is 4.79 Å². The minimum absolute atomic E-state index is 0.179. The third-order valence-corrected chi connectivity index (χ3v) is 2.72. The van der Waals surface area contributed by atoms with Gasteiger partial charge >= 0.3 is 0 Å². The molecule has 0 rings (SSSR count). The number of carbonyl (C=O) groups excluding carboxylic acids is 1. The van der Waals surface area contributed by atoms with Crippen LogP contribution in [0.4, 0.5) is 0 Å². The van der Waals surface area contributed by atoms with E-state index in [0.717, 1.165) is 12.7 Å². The second kappa shape index (κ2) is 6.02. The van der Waals surface area contributed by atoms with Gasteiger partial charge < -0.3 is 11.1 Å². The van der Waals surface area contributed by atoms with Crippen LogP contribution in [0.15, 0.2) is 0 Å². The topological polar surface area (TPSA) is 89.3 Å². The number of nitrogens with one attached hydrogen (secondary N) is 1. The molecule has 0 aliphatic carbocycles. The molecule has 1 unspecified atom stereocenters. The highest BCUT2D eigenvalue weighted by molar-refractivity contribution is 7.91. The lowest BCUT2D eigenvalue weighted by atomic mass is 10.1. The molecule has 0 aromatic carbocycles. The Morgan fingerprint density at radius 3 is 2.40 bits per heavy atom. The molecular weight excluding hydrogens is 236 g/mol. The summed E-state index contributed by atoms with van der Waals surface area (Å²) in [6.45, 7) is 1.92. The number of thiocarbonyl (C=S) groups is 1. The lowest BCUT2D eigenvalue weighted by molar-refractivity contribution is -0.118. The SMILES string of the molecule is CCCC(NC(=O)CS(C)(=O)=O)C(N)=S.